The molecule has 122 valence electrons. The number of hydrogen-bond donors (Lipinski definition) is 1. The molecule has 5 nitrogen and oxygen atoms in total. The third-order valence-corrected chi connectivity index (χ3v) is 3.87. The smallest absolute Gasteiger partial charge is 0.248 e. The van der Waals surface area contributed by atoms with Gasteiger partial charge in [-0.15, -0.1) is 0 Å². The van der Waals surface area contributed by atoms with Gasteiger partial charge in [0.1, 0.15) is 12.4 Å². The maximum Gasteiger partial charge on any atom is 0.248 e. The minimum Gasteiger partial charge on any atom is -0.492 e. The first kappa shape index (κ1) is 17.0. The number of amides is 1. The standard InChI is InChI=1S/C18H22N2O3/c1-13(20(2)11-17(21)14-5-3-4-6-14)12-23-16-9-7-15(8-10-16)18(19)22/h3,5-10,13H,4,11-12H2,1-2H3,(H2,19,22). The first-order valence-electron chi connectivity index (χ1n) is 7.60. The van der Waals surface area contributed by atoms with Crippen molar-refractivity contribution < 1.29 is 14.3 Å². The van der Waals surface area contributed by atoms with E-state index in [1.165, 1.54) is 0 Å². The number of ether oxygens (including phenoxy) is 1. The Kier molecular flexibility index (Phi) is 5.71. The minimum absolute atomic E-state index is 0.0840. The molecular formula is C18H22N2O3. The minimum atomic E-state index is -0.460. The van der Waals surface area contributed by atoms with E-state index in [4.69, 9.17) is 10.5 Å². The Morgan fingerprint density at radius 2 is 2.00 bits per heavy atom. The summed E-state index contributed by atoms with van der Waals surface area (Å²) in [7, 11) is 1.90. The zero-order valence-corrected chi connectivity index (χ0v) is 13.5. The Balaban J connectivity index is 1.81. The topological polar surface area (TPSA) is 72.6 Å². The first-order valence-corrected chi connectivity index (χ1v) is 7.60. The number of nitrogens with two attached hydrogens (primary N) is 1. The monoisotopic (exact) mass is 314 g/mol. The molecule has 0 saturated carbocycles. The van der Waals surface area contributed by atoms with E-state index in [1.54, 1.807) is 24.3 Å². The van der Waals surface area contributed by atoms with Crippen molar-refractivity contribution in [3.63, 3.8) is 0 Å². The number of Topliss-reactive ketones (excluding diaryl/α,β-unsaturated/α-hetero) is 1. The van der Waals surface area contributed by atoms with E-state index in [9.17, 15) is 9.59 Å². The summed E-state index contributed by atoms with van der Waals surface area (Å²) in [4.78, 5) is 25.1. The lowest BCUT2D eigenvalue weighted by Crippen LogP contribution is -2.38. The van der Waals surface area contributed by atoms with E-state index in [0.29, 0.717) is 24.5 Å². The van der Waals surface area contributed by atoms with Crippen LogP contribution in [0.1, 0.15) is 23.7 Å². The summed E-state index contributed by atoms with van der Waals surface area (Å²) >= 11 is 0. The summed E-state index contributed by atoms with van der Waals surface area (Å²) in [5.74, 6) is 0.334. The third-order valence-electron chi connectivity index (χ3n) is 3.87. The number of hydrogen-bond acceptors (Lipinski definition) is 4. The fraction of sp³-hybridized carbons (Fsp3) is 0.333. The number of benzene rings is 1. The van der Waals surface area contributed by atoms with E-state index in [0.717, 1.165) is 12.0 Å². The number of allylic oxidation sites excluding steroid dienone is 3. The van der Waals surface area contributed by atoms with Crippen molar-refractivity contribution in [3.05, 3.63) is 53.6 Å². The van der Waals surface area contributed by atoms with Gasteiger partial charge in [0.05, 0.1) is 6.54 Å². The van der Waals surface area contributed by atoms with E-state index < -0.39 is 5.91 Å². The van der Waals surface area contributed by atoms with Crippen molar-refractivity contribution >= 4 is 11.7 Å². The van der Waals surface area contributed by atoms with Gasteiger partial charge in [0.15, 0.2) is 5.78 Å². The summed E-state index contributed by atoms with van der Waals surface area (Å²) in [5, 5.41) is 0. The molecular weight excluding hydrogens is 292 g/mol. The Morgan fingerprint density at radius 3 is 2.57 bits per heavy atom. The number of rotatable bonds is 8. The van der Waals surface area contributed by atoms with Crippen LogP contribution >= 0.6 is 0 Å². The molecule has 1 aromatic carbocycles. The number of ketones is 1. The predicted molar refractivity (Wildman–Crippen MR) is 89.4 cm³/mol. The third kappa shape index (κ3) is 4.79. The lowest BCUT2D eigenvalue weighted by atomic mass is 10.1. The second kappa shape index (κ2) is 7.74. The van der Waals surface area contributed by atoms with Gasteiger partial charge in [0.2, 0.25) is 5.91 Å². The normalized spacial score (nSPS) is 14.7. The quantitative estimate of drug-likeness (QED) is 0.796. The Bertz CT molecular complexity index is 632. The van der Waals surface area contributed by atoms with Crippen LogP contribution in [-0.2, 0) is 4.79 Å². The highest BCUT2D eigenvalue weighted by molar-refractivity contribution is 6.00. The van der Waals surface area contributed by atoms with E-state index in [2.05, 4.69) is 0 Å². The molecule has 1 aromatic rings. The number of carbonyl (C=O) groups excluding carboxylic acids is 2. The van der Waals surface area contributed by atoms with Crippen molar-refractivity contribution in [2.45, 2.75) is 19.4 Å². The number of primary amides is 1. The zero-order chi connectivity index (χ0) is 16.8. The van der Waals surface area contributed by atoms with Crippen molar-refractivity contribution in [1.29, 1.82) is 0 Å². The van der Waals surface area contributed by atoms with Gasteiger partial charge in [0, 0.05) is 17.2 Å². The summed E-state index contributed by atoms with van der Waals surface area (Å²) in [6.07, 6.45) is 6.63. The van der Waals surface area contributed by atoms with Crippen LogP contribution in [0, 0.1) is 0 Å². The van der Waals surface area contributed by atoms with Gasteiger partial charge in [-0.2, -0.15) is 0 Å². The molecule has 0 aromatic heterocycles. The summed E-state index contributed by atoms with van der Waals surface area (Å²) in [5.41, 5.74) is 6.43. The van der Waals surface area contributed by atoms with Gasteiger partial charge in [-0.1, -0.05) is 18.2 Å². The number of likely N-dealkylation sites (N-methyl/N-ethyl adjacent to an activating group) is 1. The van der Waals surface area contributed by atoms with E-state index in [1.807, 2.05) is 37.1 Å². The molecule has 1 unspecified atom stereocenters. The Labute approximate surface area is 136 Å². The van der Waals surface area contributed by atoms with Crippen molar-refractivity contribution in [2.75, 3.05) is 20.2 Å². The summed E-state index contributed by atoms with van der Waals surface area (Å²) < 4.78 is 5.70. The molecule has 1 aliphatic rings. The van der Waals surface area contributed by atoms with Crippen molar-refractivity contribution in [2.24, 2.45) is 5.73 Å². The average Bonchev–Trinajstić information content (AvgIpc) is 3.07. The van der Waals surface area contributed by atoms with Crippen molar-refractivity contribution in [1.82, 2.24) is 4.90 Å². The maximum atomic E-state index is 12.1. The Morgan fingerprint density at radius 1 is 1.30 bits per heavy atom. The van der Waals surface area contributed by atoms with Crippen LogP contribution in [0.2, 0.25) is 0 Å². The molecule has 2 rings (SSSR count). The van der Waals surface area contributed by atoms with Crippen LogP contribution in [0.4, 0.5) is 0 Å². The van der Waals surface area contributed by atoms with E-state index >= 15 is 0 Å². The Hall–Kier alpha value is -2.40. The van der Waals surface area contributed by atoms with Crippen molar-refractivity contribution in [3.8, 4) is 5.75 Å². The fourth-order valence-corrected chi connectivity index (χ4v) is 2.20. The van der Waals surface area contributed by atoms with Gasteiger partial charge >= 0.3 is 0 Å². The highest BCUT2D eigenvalue weighted by atomic mass is 16.5. The molecule has 0 fully saturated rings. The molecule has 1 amide bonds. The highest BCUT2D eigenvalue weighted by Gasteiger charge is 2.16. The lowest BCUT2D eigenvalue weighted by Gasteiger charge is -2.24. The van der Waals surface area contributed by atoms with Crippen LogP contribution in [-0.4, -0.2) is 42.8 Å². The molecule has 1 aliphatic carbocycles. The molecule has 0 spiro atoms. The van der Waals surface area contributed by atoms with Crippen LogP contribution in [0.5, 0.6) is 5.75 Å². The molecule has 0 aliphatic heterocycles. The highest BCUT2D eigenvalue weighted by Crippen LogP contribution is 2.14. The molecule has 0 heterocycles. The van der Waals surface area contributed by atoms with E-state index in [-0.39, 0.29) is 11.8 Å². The molecule has 1 atom stereocenters. The second-order valence-corrected chi connectivity index (χ2v) is 5.68. The second-order valence-electron chi connectivity index (χ2n) is 5.68. The number of nitrogens with zero attached hydrogens (tertiary/aromatic N) is 1. The van der Waals surface area contributed by atoms with Gasteiger partial charge in [0.25, 0.3) is 0 Å². The molecule has 2 N–H and O–H groups in total. The summed E-state index contributed by atoms with van der Waals surface area (Å²) in [6, 6.07) is 6.78. The van der Waals surface area contributed by atoms with Gasteiger partial charge in [-0.3, -0.25) is 14.5 Å². The lowest BCUT2D eigenvalue weighted by molar-refractivity contribution is -0.116. The zero-order valence-electron chi connectivity index (χ0n) is 13.5. The molecule has 0 bridgehead atoms. The largest absolute Gasteiger partial charge is 0.492 e. The molecule has 0 saturated heterocycles. The maximum absolute atomic E-state index is 12.1. The predicted octanol–water partition coefficient (Wildman–Crippen LogP) is 1.94. The van der Waals surface area contributed by atoms with Crippen LogP contribution < -0.4 is 10.5 Å². The van der Waals surface area contributed by atoms with Gasteiger partial charge in [-0.05, 0) is 44.7 Å². The average molecular weight is 314 g/mol. The molecule has 0 radical (unpaired) electrons. The number of carbonyl (C=O) groups is 2. The SMILES string of the molecule is CC(COc1ccc(C(N)=O)cc1)N(C)CC(=O)C1=CCC=C1. The molecule has 5 heteroatoms. The van der Waals surface area contributed by atoms with Crippen LogP contribution in [0.3, 0.4) is 0 Å². The van der Waals surface area contributed by atoms with Gasteiger partial charge < -0.3 is 10.5 Å². The van der Waals surface area contributed by atoms with Crippen LogP contribution in [0.15, 0.2) is 48.1 Å². The van der Waals surface area contributed by atoms with Gasteiger partial charge in [-0.25, -0.2) is 0 Å². The van der Waals surface area contributed by atoms with Crippen LogP contribution in [0.25, 0.3) is 0 Å². The summed E-state index contributed by atoms with van der Waals surface area (Å²) in [6.45, 7) is 2.82. The fourth-order valence-electron chi connectivity index (χ4n) is 2.20. The molecule has 23 heavy (non-hydrogen) atoms. The first-order chi connectivity index (χ1) is 11.0.